The largest absolute Gasteiger partial charge is 0.433 e. The fraction of sp³-hybridized carbons (Fsp3) is 0.100. The van der Waals surface area contributed by atoms with E-state index >= 15 is 0 Å². The van der Waals surface area contributed by atoms with E-state index < -0.39 is 43.1 Å². The van der Waals surface area contributed by atoms with E-state index in [9.17, 15) is 54.3 Å². The molecular weight excluding hydrogens is 1570 g/mol. The summed E-state index contributed by atoms with van der Waals surface area (Å²) in [7, 11) is -5.38. The first-order valence-electron chi connectivity index (χ1n) is 33.3. The van der Waals surface area contributed by atoms with Gasteiger partial charge in [-0.1, -0.05) is 81.9 Å². The number of aliphatic hydroxyl groups is 1. The lowest BCUT2D eigenvalue weighted by atomic mass is 10.1. The van der Waals surface area contributed by atoms with Crippen LogP contribution in [0.15, 0.2) is 254 Å². The van der Waals surface area contributed by atoms with Crippen molar-refractivity contribution in [1.82, 2.24) is 24.9 Å². The van der Waals surface area contributed by atoms with E-state index in [4.69, 9.17) is 52.1 Å². The molecule has 112 heavy (non-hydrogen) atoms. The van der Waals surface area contributed by atoms with Crippen molar-refractivity contribution in [3.05, 3.63) is 314 Å². The third kappa shape index (κ3) is 23.9. The summed E-state index contributed by atoms with van der Waals surface area (Å²) >= 11 is 25.0. The van der Waals surface area contributed by atoms with Gasteiger partial charge >= 0.3 is 6.18 Å². The minimum atomic E-state index is -4.58. The van der Waals surface area contributed by atoms with Gasteiger partial charge in [-0.2, -0.15) is 13.2 Å². The molecule has 32 heteroatoms. The number of anilines is 6. The number of rotatable bonds is 20. The number of amidine groups is 1. The molecule has 12 aromatic rings. The molecular formula is C80H68Cl4F3N13O10S2. The Hall–Kier alpha value is -12.2. The maximum atomic E-state index is 12.7. The van der Waals surface area contributed by atoms with Crippen LogP contribution < -0.4 is 36.4 Å². The van der Waals surface area contributed by atoms with Crippen molar-refractivity contribution in [3.63, 3.8) is 0 Å². The molecule has 4 amide bonds. The molecule has 0 spiro atoms. The fourth-order valence-corrected chi connectivity index (χ4v) is 12.2. The standard InChI is InChI=1S/C21H20ClN3O3S.C20H15ClF3N3O2.C20H17ClN4O2.C19H16ClN3O3S/c1-14(2)29(27,28)25-16-8-6-15(7-9-16)21(26)24-17-10-11-19(22)18(13-17)20-5-3-4-12-23-20;1-11-14(3-5-18(26-11)20(22,23)24)19(29)27-13-2-4-16(21)15(9-13)17-8-12(10-28)6-7-25-17;1-27-25-19(22)13-5-7-14(8-6-13)20(26)24-15-9-10-17(21)16(12-15)18-4-2-3-11-23-18;1-27(25,26)23-14-7-5-13(6-8-14)19(24)22-15-9-10-17(20)16(12-15)18-4-2-3-11-21-18/h3-14,25H,1-2H3,(H,24,26);2-9,28H,10H2,1H3,(H,27,29);2-12H,1H3,(H2,22,25)(H,24,26);2-12,23H,1H3,(H,22,24). The number of alkyl halides is 3. The van der Waals surface area contributed by atoms with Gasteiger partial charge in [0.05, 0.1) is 72.2 Å². The van der Waals surface area contributed by atoms with E-state index in [1.165, 1.54) is 32.4 Å². The molecule has 0 unspecified atom stereocenters. The summed E-state index contributed by atoms with van der Waals surface area (Å²) in [5, 5.41) is 25.5. The van der Waals surface area contributed by atoms with Crippen molar-refractivity contribution in [2.75, 3.05) is 44.1 Å². The van der Waals surface area contributed by atoms with Crippen LogP contribution >= 0.6 is 46.4 Å². The summed E-state index contributed by atoms with van der Waals surface area (Å²) in [6.45, 7) is 4.36. The van der Waals surface area contributed by atoms with Gasteiger partial charge in [0.2, 0.25) is 20.0 Å². The normalized spacial score (nSPS) is 11.2. The molecule has 12 rings (SSSR count). The zero-order valence-electron chi connectivity index (χ0n) is 59.8. The predicted molar refractivity (Wildman–Crippen MR) is 434 cm³/mol. The zero-order chi connectivity index (χ0) is 80.9. The number of nitrogens with one attached hydrogen (secondary N) is 6. The SMILES string of the molecule is CC(C)S(=O)(=O)Nc1ccc(C(=O)Nc2ccc(Cl)c(-c3ccccn3)c2)cc1.CON=C(N)c1ccc(C(=O)Nc2ccc(Cl)c(-c3ccccn3)c2)cc1.CS(=O)(=O)Nc1ccc(C(=O)Nc2ccc(Cl)c(-c3ccccn3)c2)cc1.Cc1nc(C(F)(F)F)ccc1C(=O)Nc1ccc(Cl)c(-c2cc(CO)ccn2)c1. The van der Waals surface area contributed by atoms with Crippen molar-refractivity contribution < 1.29 is 59.1 Å². The minimum absolute atomic E-state index is 0.0231. The predicted octanol–water partition coefficient (Wildman–Crippen LogP) is 17.6. The van der Waals surface area contributed by atoms with Gasteiger partial charge in [-0.05, 0) is 220 Å². The van der Waals surface area contributed by atoms with E-state index in [2.05, 4.69) is 65.6 Å². The molecule has 7 aromatic carbocycles. The molecule has 0 radical (unpaired) electrons. The molecule has 9 N–H and O–H groups in total. The zero-order valence-corrected chi connectivity index (χ0v) is 64.5. The maximum Gasteiger partial charge on any atom is 0.433 e. The molecule has 0 aliphatic heterocycles. The van der Waals surface area contributed by atoms with Crippen molar-refractivity contribution in [2.24, 2.45) is 10.9 Å². The molecule has 23 nitrogen and oxygen atoms in total. The number of amides is 4. The Morgan fingerprint density at radius 2 is 0.830 bits per heavy atom. The number of aryl methyl sites for hydroxylation is 1. The first-order valence-corrected chi connectivity index (χ1v) is 38.3. The number of sulfonamides is 2. The second-order valence-electron chi connectivity index (χ2n) is 24.2. The molecule has 574 valence electrons. The number of hydrogen-bond acceptors (Lipinski definition) is 16. The summed E-state index contributed by atoms with van der Waals surface area (Å²) < 4.78 is 89.4. The average Bonchev–Trinajstić information content (AvgIpc) is 0.820. The van der Waals surface area contributed by atoms with E-state index in [-0.39, 0.29) is 41.4 Å². The van der Waals surface area contributed by atoms with Crippen molar-refractivity contribution >= 4 is 130 Å². The van der Waals surface area contributed by atoms with E-state index in [0.29, 0.717) is 116 Å². The van der Waals surface area contributed by atoms with Gasteiger partial charge in [-0.3, -0.25) is 48.6 Å². The van der Waals surface area contributed by atoms with E-state index in [1.54, 1.807) is 178 Å². The quantitative estimate of drug-likeness (QED) is 0.0200. The van der Waals surface area contributed by atoms with Gasteiger partial charge in [0.25, 0.3) is 23.6 Å². The van der Waals surface area contributed by atoms with Crippen molar-refractivity contribution in [2.45, 2.75) is 38.8 Å². The number of nitrogens with zero attached hydrogens (tertiary/aromatic N) is 6. The van der Waals surface area contributed by atoms with Gasteiger partial charge in [0.15, 0.2) is 5.84 Å². The highest BCUT2D eigenvalue weighted by molar-refractivity contribution is 7.93. The summed E-state index contributed by atoms with van der Waals surface area (Å²) in [5.41, 5.74) is 15.5. The number of hydrogen-bond donors (Lipinski definition) is 8. The molecule has 0 saturated carbocycles. The summed E-state index contributed by atoms with van der Waals surface area (Å²) in [5.74, 6) is -1.26. The number of oxime groups is 1. The van der Waals surface area contributed by atoms with Gasteiger partial charge < -0.3 is 36.9 Å². The van der Waals surface area contributed by atoms with Crippen molar-refractivity contribution in [1.29, 1.82) is 0 Å². The van der Waals surface area contributed by atoms with Crippen LogP contribution in [-0.2, 0) is 37.7 Å². The van der Waals surface area contributed by atoms with Gasteiger partial charge in [-0.15, -0.1) is 0 Å². The average molecular weight is 1630 g/mol. The Morgan fingerprint density at radius 3 is 1.18 bits per heavy atom. The number of benzene rings is 7. The van der Waals surface area contributed by atoms with Crippen LogP contribution in [0, 0.1) is 6.92 Å². The van der Waals surface area contributed by atoms with E-state index in [0.717, 1.165) is 29.6 Å². The Kier molecular flexibility index (Phi) is 28.8. The highest BCUT2D eigenvalue weighted by Crippen LogP contribution is 2.35. The minimum Gasteiger partial charge on any atom is -0.397 e. The molecule has 0 atom stereocenters. The highest BCUT2D eigenvalue weighted by Gasteiger charge is 2.33. The van der Waals surface area contributed by atoms with Gasteiger partial charge in [0.1, 0.15) is 12.8 Å². The van der Waals surface area contributed by atoms with Crippen LogP contribution in [0.3, 0.4) is 0 Å². The third-order valence-corrected chi connectivity index (χ3v) is 19.4. The summed E-state index contributed by atoms with van der Waals surface area (Å²) in [6.07, 6.45) is 3.04. The number of aliphatic hydroxyl groups excluding tert-OH is 1. The number of carbonyl (C=O) groups is 4. The first-order chi connectivity index (χ1) is 53.3. The summed E-state index contributed by atoms with van der Waals surface area (Å²) in [4.78, 5) is 75.2. The Labute approximate surface area is 662 Å². The maximum absolute atomic E-state index is 12.7. The summed E-state index contributed by atoms with van der Waals surface area (Å²) in [6, 6.07) is 61.1. The Balaban J connectivity index is 0.000000172. The molecule has 0 fully saturated rings. The second-order valence-corrected chi connectivity index (χ2v) is 29.9. The molecule has 0 aliphatic rings. The van der Waals surface area contributed by atoms with Crippen LogP contribution in [0.5, 0.6) is 0 Å². The topological polar surface area (TPSA) is 341 Å². The smallest absolute Gasteiger partial charge is 0.397 e. The Bertz CT molecular complexity index is 5620. The first kappa shape index (κ1) is 83.9. The molecule has 5 heterocycles. The number of aromatic nitrogens is 5. The fourth-order valence-electron chi connectivity index (χ4n) is 10.1. The van der Waals surface area contributed by atoms with Crippen LogP contribution in [0.4, 0.5) is 47.3 Å². The second kappa shape index (κ2) is 38.5. The number of pyridine rings is 5. The Morgan fingerprint density at radius 1 is 0.473 bits per heavy atom. The molecule has 0 saturated heterocycles. The molecule has 0 bridgehead atoms. The lowest BCUT2D eigenvalue weighted by Crippen LogP contribution is -2.22. The number of carbonyl (C=O) groups excluding carboxylic acids is 4. The highest BCUT2D eigenvalue weighted by atomic mass is 35.5. The molecule has 0 aliphatic carbocycles. The van der Waals surface area contributed by atoms with Gasteiger partial charge in [0, 0.05) is 103 Å². The van der Waals surface area contributed by atoms with Crippen molar-refractivity contribution in [3.8, 4) is 45.0 Å². The lowest BCUT2D eigenvalue weighted by Gasteiger charge is -2.12. The van der Waals surface area contributed by atoms with Gasteiger partial charge in [-0.25, -0.2) is 21.8 Å². The van der Waals surface area contributed by atoms with E-state index in [1.807, 2.05) is 54.6 Å². The monoisotopic (exact) mass is 1630 g/mol. The lowest BCUT2D eigenvalue weighted by molar-refractivity contribution is -0.141. The number of nitrogens with two attached hydrogens (primary N) is 1. The van der Waals surface area contributed by atoms with Crippen LogP contribution in [-0.4, -0.2) is 94.9 Å². The third-order valence-electron chi connectivity index (χ3n) is 15.7. The van der Waals surface area contributed by atoms with Crippen LogP contribution in [0.1, 0.15) is 77.8 Å². The number of halogens is 7. The van der Waals surface area contributed by atoms with Crippen LogP contribution in [0.2, 0.25) is 20.1 Å². The molecule has 5 aromatic heterocycles. The van der Waals surface area contributed by atoms with Crippen LogP contribution in [0.25, 0.3) is 45.0 Å².